The van der Waals surface area contributed by atoms with Gasteiger partial charge in [-0.3, -0.25) is 0 Å². The maximum Gasteiger partial charge on any atom is 0.412 e. The van der Waals surface area contributed by atoms with Crippen molar-refractivity contribution in [2.75, 3.05) is 0 Å². The molecule has 0 aromatic heterocycles. The van der Waals surface area contributed by atoms with Crippen LogP contribution >= 0.6 is 0 Å². The Bertz CT molecular complexity index is 513. The van der Waals surface area contributed by atoms with Gasteiger partial charge in [-0.25, -0.2) is 4.79 Å². The van der Waals surface area contributed by atoms with E-state index in [2.05, 4.69) is 5.32 Å². The fourth-order valence-corrected chi connectivity index (χ4v) is 2.57. The van der Waals surface area contributed by atoms with Gasteiger partial charge in [0, 0.05) is 6.04 Å². The Hall–Kier alpha value is -1.97. The first-order chi connectivity index (χ1) is 10.1. The molecule has 4 nitrogen and oxygen atoms in total. The second-order valence-electron chi connectivity index (χ2n) is 5.60. The quantitative estimate of drug-likeness (QED) is 0.820. The van der Waals surface area contributed by atoms with Gasteiger partial charge in [0.25, 0.3) is 0 Å². The minimum atomic E-state index is -0.377. The van der Waals surface area contributed by atoms with E-state index in [1.807, 2.05) is 6.92 Å². The lowest BCUT2D eigenvalue weighted by Gasteiger charge is -2.22. The van der Waals surface area contributed by atoms with Gasteiger partial charge in [-0.1, -0.05) is 31.4 Å². The summed E-state index contributed by atoms with van der Waals surface area (Å²) in [5, 5.41) is 12.2. The van der Waals surface area contributed by atoms with Crippen LogP contribution < -0.4 is 5.32 Å². The summed E-state index contributed by atoms with van der Waals surface area (Å²) in [4.78, 5) is 11.9. The smallest absolute Gasteiger partial charge is 0.412 e. The first-order valence-electron chi connectivity index (χ1n) is 7.51. The number of amides is 1. The number of allylic oxidation sites excluding steroid dienone is 2. The number of carbonyl (C=O) groups excluding carboxylic acids is 1. The summed E-state index contributed by atoms with van der Waals surface area (Å²) in [7, 11) is 0. The van der Waals surface area contributed by atoms with Crippen molar-refractivity contribution in [3.63, 3.8) is 0 Å². The van der Waals surface area contributed by atoms with Crippen LogP contribution in [0.25, 0.3) is 5.57 Å². The van der Waals surface area contributed by atoms with E-state index in [1.165, 1.54) is 19.3 Å². The van der Waals surface area contributed by atoms with Crippen LogP contribution in [0.5, 0.6) is 5.75 Å². The molecule has 0 saturated heterocycles. The van der Waals surface area contributed by atoms with Crippen LogP contribution in [-0.2, 0) is 4.74 Å². The lowest BCUT2D eigenvalue weighted by molar-refractivity contribution is 0.168. The largest absolute Gasteiger partial charge is 0.508 e. The van der Waals surface area contributed by atoms with Gasteiger partial charge in [0.1, 0.15) is 11.5 Å². The first kappa shape index (κ1) is 15.4. The Balaban J connectivity index is 1.95. The predicted molar refractivity (Wildman–Crippen MR) is 82.9 cm³/mol. The average molecular weight is 289 g/mol. The number of aromatic hydroxyl groups is 1. The molecular weight excluding hydrogens is 266 g/mol. The molecule has 0 heterocycles. The Labute approximate surface area is 125 Å². The molecule has 1 aliphatic carbocycles. The molecule has 2 N–H and O–H groups in total. The fraction of sp³-hybridized carbons (Fsp3) is 0.471. The Morgan fingerprint density at radius 1 is 1.14 bits per heavy atom. The standard InChI is InChI=1S/C17H23NO3/c1-12(14-8-10-16(19)11-9-14)13(2)21-17(20)18-15-6-4-3-5-7-15/h8-11,15,19H,3-7H2,1-2H3,(H,18,20)/b13-12+. The summed E-state index contributed by atoms with van der Waals surface area (Å²) in [6, 6.07) is 7.09. The van der Waals surface area contributed by atoms with Crippen LogP contribution in [-0.4, -0.2) is 17.2 Å². The maximum atomic E-state index is 11.9. The number of phenols is 1. The van der Waals surface area contributed by atoms with E-state index in [4.69, 9.17) is 4.74 Å². The van der Waals surface area contributed by atoms with E-state index in [0.717, 1.165) is 24.0 Å². The number of benzene rings is 1. The van der Waals surface area contributed by atoms with Crippen molar-refractivity contribution in [3.8, 4) is 5.75 Å². The Morgan fingerprint density at radius 2 is 1.76 bits per heavy atom. The Kier molecular flexibility index (Phi) is 5.26. The highest BCUT2D eigenvalue weighted by molar-refractivity contribution is 5.73. The van der Waals surface area contributed by atoms with E-state index < -0.39 is 0 Å². The summed E-state index contributed by atoms with van der Waals surface area (Å²) < 4.78 is 5.37. The van der Waals surface area contributed by atoms with Crippen molar-refractivity contribution < 1.29 is 14.6 Å². The van der Waals surface area contributed by atoms with Gasteiger partial charge >= 0.3 is 6.09 Å². The fourth-order valence-electron chi connectivity index (χ4n) is 2.57. The van der Waals surface area contributed by atoms with Gasteiger partial charge < -0.3 is 15.2 Å². The van der Waals surface area contributed by atoms with Crippen LogP contribution in [0, 0.1) is 0 Å². The third-order valence-electron chi connectivity index (χ3n) is 4.00. The molecule has 0 atom stereocenters. The average Bonchev–Trinajstić information content (AvgIpc) is 2.48. The molecule has 2 rings (SSSR count). The molecule has 4 heteroatoms. The lowest BCUT2D eigenvalue weighted by Crippen LogP contribution is -2.36. The zero-order valence-corrected chi connectivity index (χ0v) is 12.7. The molecule has 0 radical (unpaired) electrons. The molecule has 21 heavy (non-hydrogen) atoms. The van der Waals surface area contributed by atoms with Crippen molar-refractivity contribution in [1.29, 1.82) is 0 Å². The van der Waals surface area contributed by atoms with Crippen LogP contribution in [0.3, 0.4) is 0 Å². The zero-order valence-electron chi connectivity index (χ0n) is 12.7. The maximum absolute atomic E-state index is 11.9. The first-order valence-corrected chi connectivity index (χ1v) is 7.51. The van der Waals surface area contributed by atoms with Gasteiger partial charge in [-0.05, 0) is 50.0 Å². The number of phenolic OH excluding ortho intramolecular Hbond substituents is 1. The molecule has 1 fully saturated rings. The van der Waals surface area contributed by atoms with Crippen LogP contribution in [0.15, 0.2) is 30.0 Å². The molecule has 1 saturated carbocycles. The van der Waals surface area contributed by atoms with Crippen molar-refractivity contribution in [1.82, 2.24) is 5.32 Å². The molecule has 114 valence electrons. The Morgan fingerprint density at radius 3 is 2.38 bits per heavy atom. The van der Waals surface area contributed by atoms with Crippen LogP contribution in [0.2, 0.25) is 0 Å². The van der Waals surface area contributed by atoms with E-state index in [1.54, 1.807) is 31.2 Å². The summed E-state index contributed by atoms with van der Waals surface area (Å²) in [6.45, 7) is 3.68. The minimum absolute atomic E-state index is 0.222. The molecule has 1 aromatic carbocycles. The van der Waals surface area contributed by atoms with Gasteiger partial charge in [-0.15, -0.1) is 0 Å². The van der Waals surface area contributed by atoms with E-state index in [0.29, 0.717) is 5.76 Å². The van der Waals surface area contributed by atoms with Gasteiger partial charge in [0.05, 0.1) is 0 Å². The number of nitrogens with one attached hydrogen (secondary N) is 1. The topological polar surface area (TPSA) is 58.6 Å². The number of ether oxygens (including phenoxy) is 1. The van der Waals surface area contributed by atoms with Crippen molar-refractivity contribution in [2.45, 2.75) is 52.0 Å². The molecule has 1 amide bonds. The molecule has 0 spiro atoms. The van der Waals surface area contributed by atoms with E-state index in [-0.39, 0.29) is 17.9 Å². The van der Waals surface area contributed by atoms with E-state index in [9.17, 15) is 9.90 Å². The van der Waals surface area contributed by atoms with Gasteiger partial charge in [0.2, 0.25) is 0 Å². The highest BCUT2D eigenvalue weighted by Crippen LogP contribution is 2.22. The normalized spacial score (nSPS) is 17.0. The summed E-state index contributed by atoms with van der Waals surface area (Å²) in [5.74, 6) is 0.800. The van der Waals surface area contributed by atoms with Crippen molar-refractivity contribution >= 4 is 11.7 Å². The van der Waals surface area contributed by atoms with E-state index >= 15 is 0 Å². The molecule has 1 aliphatic rings. The second-order valence-corrected chi connectivity index (χ2v) is 5.60. The summed E-state index contributed by atoms with van der Waals surface area (Å²) >= 11 is 0. The SMILES string of the molecule is C/C(OC(=O)NC1CCCCC1)=C(/C)c1ccc(O)cc1. The third kappa shape index (κ3) is 4.52. The summed E-state index contributed by atoms with van der Waals surface area (Å²) in [5.41, 5.74) is 1.81. The molecule has 0 unspecified atom stereocenters. The van der Waals surface area contributed by atoms with Crippen molar-refractivity contribution in [3.05, 3.63) is 35.6 Å². The van der Waals surface area contributed by atoms with Crippen molar-refractivity contribution in [2.24, 2.45) is 0 Å². The van der Waals surface area contributed by atoms with Gasteiger partial charge in [-0.2, -0.15) is 0 Å². The van der Waals surface area contributed by atoms with Crippen LogP contribution in [0.4, 0.5) is 4.79 Å². The van der Waals surface area contributed by atoms with Gasteiger partial charge in [0.15, 0.2) is 0 Å². The number of hydrogen-bond donors (Lipinski definition) is 2. The number of alkyl carbamates (subject to hydrolysis) is 1. The third-order valence-corrected chi connectivity index (χ3v) is 4.00. The second kappa shape index (κ2) is 7.16. The lowest BCUT2D eigenvalue weighted by atomic mass is 9.96. The highest BCUT2D eigenvalue weighted by atomic mass is 16.6. The number of rotatable bonds is 3. The predicted octanol–water partition coefficient (Wildman–Crippen LogP) is 4.20. The molecule has 1 aromatic rings. The molecule has 0 bridgehead atoms. The number of hydrogen-bond acceptors (Lipinski definition) is 3. The number of carbonyl (C=O) groups is 1. The molecular formula is C17H23NO3. The zero-order chi connectivity index (χ0) is 15.2. The highest BCUT2D eigenvalue weighted by Gasteiger charge is 2.17. The van der Waals surface area contributed by atoms with Crippen LogP contribution in [0.1, 0.15) is 51.5 Å². The molecule has 0 aliphatic heterocycles. The minimum Gasteiger partial charge on any atom is -0.508 e. The summed E-state index contributed by atoms with van der Waals surface area (Å²) in [6.07, 6.45) is 5.30. The monoisotopic (exact) mass is 289 g/mol.